The number of thiophene rings is 1. The topological polar surface area (TPSA) is 67.4 Å². The summed E-state index contributed by atoms with van der Waals surface area (Å²) in [7, 11) is 0. The van der Waals surface area contributed by atoms with E-state index in [9.17, 15) is 9.59 Å². The number of hydrogen-bond donors (Lipinski definition) is 2. The summed E-state index contributed by atoms with van der Waals surface area (Å²) in [6.07, 6.45) is 0. The predicted molar refractivity (Wildman–Crippen MR) is 124 cm³/mol. The van der Waals surface area contributed by atoms with Crippen molar-refractivity contribution in [2.75, 3.05) is 17.2 Å². The van der Waals surface area contributed by atoms with Gasteiger partial charge in [-0.2, -0.15) is 0 Å². The van der Waals surface area contributed by atoms with Gasteiger partial charge in [0, 0.05) is 16.6 Å². The number of carbonyl (C=O) groups excluding carboxylic acids is 2. The minimum atomic E-state index is -0.507. The third-order valence-corrected chi connectivity index (χ3v) is 6.13. The average molecular weight is 463 g/mol. The van der Waals surface area contributed by atoms with E-state index in [2.05, 4.69) is 10.6 Å². The molecule has 0 fully saturated rings. The summed E-state index contributed by atoms with van der Waals surface area (Å²) < 4.78 is 5.24. The molecule has 0 saturated carbocycles. The van der Waals surface area contributed by atoms with Crippen molar-refractivity contribution in [3.05, 3.63) is 68.5 Å². The van der Waals surface area contributed by atoms with Crippen LogP contribution in [0.4, 0.5) is 15.5 Å². The number of benzene rings is 2. The number of esters is 1. The van der Waals surface area contributed by atoms with Gasteiger partial charge in [-0.1, -0.05) is 41.4 Å². The normalized spacial score (nSPS) is 10.6. The molecule has 8 heteroatoms. The SMILES string of the molecule is CCOC(=O)c1c(-c2ccc(C)c(C)c2)csc1NC(=O)Nc1ccc(Cl)c(Cl)c1. The van der Waals surface area contributed by atoms with E-state index in [4.69, 9.17) is 27.9 Å². The van der Waals surface area contributed by atoms with Crippen LogP contribution in [0.2, 0.25) is 10.0 Å². The van der Waals surface area contributed by atoms with Crippen LogP contribution in [-0.4, -0.2) is 18.6 Å². The molecule has 0 saturated heterocycles. The molecule has 1 heterocycles. The Labute approximate surface area is 189 Å². The molecular weight excluding hydrogens is 443 g/mol. The lowest BCUT2D eigenvalue weighted by molar-refractivity contribution is 0.0529. The molecule has 0 aliphatic heterocycles. The summed E-state index contributed by atoms with van der Waals surface area (Å²) in [6.45, 7) is 6.01. The molecule has 0 spiro atoms. The van der Waals surface area contributed by atoms with Crippen molar-refractivity contribution in [3.8, 4) is 11.1 Å². The van der Waals surface area contributed by atoms with E-state index in [1.807, 2.05) is 37.4 Å². The standard InChI is InChI=1S/C22H20Cl2N2O3S/c1-4-29-21(27)19-16(14-6-5-12(2)13(3)9-14)11-30-20(19)26-22(28)25-15-7-8-17(23)18(24)10-15/h5-11H,4H2,1-3H3,(H2,25,26,28). The number of carbonyl (C=O) groups is 2. The van der Waals surface area contributed by atoms with Crippen LogP contribution in [0.15, 0.2) is 41.8 Å². The molecule has 0 atom stereocenters. The first-order valence-corrected chi connectivity index (χ1v) is 10.8. The van der Waals surface area contributed by atoms with Crippen molar-refractivity contribution in [1.29, 1.82) is 0 Å². The van der Waals surface area contributed by atoms with E-state index in [0.29, 0.717) is 31.9 Å². The Morgan fingerprint density at radius 1 is 1.00 bits per heavy atom. The van der Waals surface area contributed by atoms with E-state index in [1.165, 1.54) is 11.3 Å². The molecule has 2 amide bonds. The van der Waals surface area contributed by atoms with Gasteiger partial charge in [0.25, 0.3) is 0 Å². The Hall–Kier alpha value is -2.54. The van der Waals surface area contributed by atoms with Gasteiger partial charge in [0.1, 0.15) is 10.6 Å². The Balaban J connectivity index is 1.90. The van der Waals surface area contributed by atoms with Crippen LogP contribution in [0, 0.1) is 13.8 Å². The van der Waals surface area contributed by atoms with Crippen LogP contribution in [0.25, 0.3) is 11.1 Å². The average Bonchev–Trinajstić information content (AvgIpc) is 3.10. The highest BCUT2D eigenvalue weighted by atomic mass is 35.5. The molecule has 0 bridgehead atoms. The maximum Gasteiger partial charge on any atom is 0.341 e. The van der Waals surface area contributed by atoms with Crippen molar-refractivity contribution in [1.82, 2.24) is 0 Å². The monoisotopic (exact) mass is 462 g/mol. The van der Waals surface area contributed by atoms with Gasteiger partial charge in [-0.3, -0.25) is 5.32 Å². The van der Waals surface area contributed by atoms with Gasteiger partial charge >= 0.3 is 12.0 Å². The maximum absolute atomic E-state index is 12.7. The molecule has 0 aliphatic rings. The number of halogens is 2. The highest BCUT2D eigenvalue weighted by molar-refractivity contribution is 7.15. The maximum atomic E-state index is 12.7. The van der Waals surface area contributed by atoms with Gasteiger partial charge < -0.3 is 10.1 Å². The quantitative estimate of drug-likeness (QED) is 0.395. The molecular formula is C22H20Cl2N2O3S. The van der Waals surface area contributed by atoms with Crippen molar-refractivity contribution in [2.24, 2.45) is 0 Å². The Morgan fingerprint density at radius 2 is 1.77 bits per heavy atom. The van der Waals surface area contributed by atoms with Gasteiger partial charge in [-0.15, -0.1) is 11.3 Å². The Morgan fingerprint density at radius 3 is 2.43 bits per heavy atom. The molecule has 5 nitrogen and oxygen atoms in total. The third kappa shape index (κ3) is 4.95. The molecule has 2 N–H and O–H groups in total. The zero-order valence-corrected chi connectivity index (χ0v) is 19.0. The first kappa shape index (κ1) is 22.2. The van der Waals surface area contributed by atoms with Crippen LogP contribution < -0.4 is 10.6 Å². The summed E-state index contributed by atoms with van der Waals surface area (Å²) in [5.74, 6) is -0.489. The van der Waals surface area contributed by atoms with E-state index in [0.717, 1.165) is 16.7 Å². The van der Waals surface area contributed by atoms with Gasteiger partial charge in [0.2, 0.25) is 0 Å². The van der Waals surface area contributed by atoms with Gasteiger partial charge in [0.15, 0.2) is 0 Å². The minimum absolute atomic E-state index is 0.232. The third-order valence-electron chi connectivity index (χ3n) is 4.49. The highest BCUT2D eigenvalue weighted by Gasteiger charge is 2.23. The number of amides is 2. The van der Waals surface area contributed by atoms with E-state index in [1.54, 1.807) is 25.1 Å². The summed E-state index contributed by atoms with van der Waals surface area (Å²) in [5, 5.41) is 8.38. The number of anilines is 2. The van der Waals surface area contributed by atoms with Crippen molar-refractivity contribution in [2.45, 2.75) is 20.8 Å². The van der Waals surface area contributed by atoms with E-state index < -0.39 is 12.0 Å². The van der Waals surface area contributed by atoms with Gasteiger partial charge in [-0.25, -0.2) is 9.59 Å². The number of rotatable bonds is 5. The highest BCUT2D eigenvalue weighted by Crippen LogP contribution is 2.37. The van der Waals surface area contributed by atoms with Crippen LogP contribution in [0.3, 0.4) is 0 Å². The smallest absolute Gasteiger partial charge is 0.341 e. The minimum Gasteiger partial charge on any atom is -0.462 e. The van der Waals surface area contributed by atoms with Crippen LogP contribution >= 0.6 is 34.5 Å². The summed E-state index contributed by atoms with van der Waals surface area (Å²) in [6, 6.07) is 10.2. The van der Waals surface area contributed by atoms with Gasteiger partial charge in [0.05, 0.1) is 16.7 Å². The fraction of sp³-hybridized carbons (Fsp3) is 0.182. The molecule has 3 rings (SSSR count). The molecule has 0 radical (unpaired) electrons. The molecule has 2 aromatic carbocycles. The number of hydrogen-bond acceptors (Lipinski definition) is 4. The molecule has 30 heavy (non-hydrogen) atoms. The number of aryl methyl sites for hydroxylation is 2. The second-order valence-electron chi connectivity index (χ2n) is 6.58. The van der Waals surface area contributed by atoms with Crippen LogP contribution in [0.1, 0.15) is 28.4 Å². The first-order chi connectivity index (χ1) is 14.3. The first-order valence-electron chi connectivity index (χ1n) is 9.19. The molecule has 0 unspecified atom stereocenters. The fourth-order valence-electron chi connectivity index (χ4n) is 2.82. The van der Waals surface area contributed by atoms with E-state index >= 15 is 0 Å². The second-order valence-corrected chi connectivity index (χ2v) is 8.28. The van der Waals surface area contributed by atoms with Crippen molar-refractivity contribution in [3.63, 3.8) is 0 Å². The fourth-order valence-corrected chi connectivity index (χ4v) is 4.07. The molecule has 156 valence electrons. The molecule has 0 aliphatic carbocycles. The Bertz CT molecular complexity index is 1110. The second kappa shape index (κ2) is 9.51. The predicted octanol–water partition coefficient (Wildman–Crippen LogP) is 7.16. The number of urea groups is 1. The number of nitrogens with one attached hydrogen (secondary N) is 2. The number of ether oxygens (including phenoxy) is 1. The largest absolute Gasteiger partial charge is 0.462 e. The molecule has 1 aromatic heterocycles. The lowest BCUT2D eigenvalue weighted by atomic mass is 9.99. The lowest BCUT2D eigenvalue weighted by Crippen LogP contribution is -2.20. The van der Waals surface area contributed by atoms with Crippen LogP contribution in [0.5, 0.6) is 0 Å². The lowest BCUT2D eigenvalue weighted by Gasteiger charge is -2.11. The zero-order chi connectivity index (χ0) is 21.8. The summed E-state index contributed by atoms with van der Waals surface area (Å²) >= 11 is 13.2. The Kier molecular flexibility index (Phi) is 7.02. The summed E-state index contributed by atoms with van der Waals surface area (Å²) in [4.78, 5) is 25.2. The van der Waals surface area contributed by atoms with Crippen molar-refractivity contribution >= 4 is 57.2 Å². The van der Waals surface area contributed by atoms with Gasteiger partial charge in [-0.05, 0) is 55.7 Å². The van der Waals surface area contributed by atoms with Crippen molar-refractivity contribution < 1.29 is 14.3 Å². The van der Waals surface area contributed by atoms with E-state index in [-0.39, 0.29) is 6.61 Å². The van der Waals surface area contributed by atoms with Crippen LogP contribution in [-0.2, 0) is 4.74 Å². The molecule has 3 aromatic rings. The zero-order valence-electron chi connectivity index (χ0n) is 16.6. The summed E-state index contributed by atoms with van der Waals surface area (Å²) in [5.41, 5.74) is 4.67.